The third-order valence-corrected chi connectivity index (χ3v) is 8.75. The summed E-state index contributed by atoms with van der Waals surface area (Å²) in [4.78, 5) is 13.6. The number of alkyl halides is 2. The number of rotatable bonds is 5. The molecule has 3 saturated carbocycles. The summed E-state index contributed by atoms with van der Waals surface area (Å²) in [5.41, 5.74) is 1.05. The quantitative estimate of drug-likeness (QED) is 0.541. The molecule has 1 heterocycles. The molecule has 0 aromatic rings. The summed E-state index contributed by atoms with van der Waals surface area (Å²) in [6.07, 6.45) is 9.90. The van der Waals surface area contributed by atoms with Crippen LogP contribution < -0.4 is 0 Å². The molecule has 7 heteroatoms. The lowest BCUT2D eigenvalue weighted by molar-refractivity contribution is -0.140. The van der Waals surface area contributed by atoms with Crippen LogP contribution in [0.4, 0.5) is 4.39 Å². The Kier molecular flexibility index (Phi) is 7.92. The highest BCUT2D eigenvalue weighted by molar-refractivity contribution is 6.22. The molecule has 5 nitrogen and oxygen atoms in total. The summed E-state index contributed by atoms with van der Waals surface area (Å²) in [6, 6.07) is -0.162. The predicted molar refractivity (Wildman–Crippen MR) is 120 cm³/mol. The zero-order chi connectivity index (χ0) is 22.0. The molecule has 4 aliphatic rings. The van der Waals surface area contributed by atoms with E-state index < -0.39 is 6.17 Å². The first kappa shape index (κ1) is 23.4. The molecule has 0 N–H and O–H groups in total. The smallest absolute Gasteiger partial charge is 0.247 e. The fraction of sp³-hybridized carbons (Fsp3) is 0.917. The van der Waals surface area contributed by atoms with Gasteiger partial charge in [0.05, 0.1) is 24.2 Å². The number of halogens is 2. The van der Waals surface area contributed by atoms with Crippen molar-refractivity contribution in [2.75, 3.05) is 14.2 Å². The van der Waals surface area contributed by atoms with Crippen molar-refractivity contribution in [1.29, 1.82) is 0 Å². The largest absolute Gasteiger partial charge is 0.379 e. The van der Waals surface area contributed by atoms with Gasteiger partial charge in [-0.15, -0.1) is 11.6 Å². The molecule has 0 aromatic carbocycles. The van der Waals surface area contributed by atoms with E-state index >= 15 is 0 Å². The molecule has 31 heavy (non-hydrogen) atoms. The minimum Gasteiger partial charge on any atom is -0.379 e. The van der Waals surface area contributed by atoms with Crippen LogP contribution in [0.5, 0.6) is 0 Å². The van der Waals surface area contributed by atoms with Crippen molar-refractivity contribution in [1.82, 2.24) is 5.01 Å². The summed E-state index contributed by atoms with van der Waals surface area (Å²) in [7, 11) is 3.46. The monoisotopic (exact) mass is 456 g/mol. The van der Waals surface area contributed by atoms with Crippen molar-refractivity contribution in [2.24, 2.45) is 22.9 Å². The number of hydrazone groups is 1. The van der Waals surface area contributed by atoms with Gasteiger partial charge < -0.3 is 9.47 Å². The molecular formula is C24H38ClFN2O3. The average molecular weight is 457 g/mol. The standard InChI is InChI=1S/C24H38ClFN2O3/c1-30-22-12-11-15(13-23(22)31-2)20-14-21(17-8-4-6-10-19(17)26)28(27-20)24(29)16-7-3-5-9-18(16)25/h15-19,21-23H,3-14H2,1-2H3. The number of hydrogen-bond acceptors (Lipinski definition) is 4. The normalized spacial score (nSPS) is 41.8. The van der Waals surface area contributed by atoms with Gasteiger partial charge in [0.15, 0.2) is 0 Å². The maximum absolute atomic E-state index is 15.0. The number of carbonyl (C=O) groups is 1. The number of ether oxygens (including phenoxy) is 2. The topological polar surface area (TPSA) is 51.1 Å². The third kappa shape index (κ3) is 4.96. The van der Waals surface area contributed by atoms with E-state index in [4.69, 9.17) is 26.2 Å². The molecule has 3 aliphatic carbocycles. The molecular weight excluding hydrogens is 419 g/mol. The first-order valence-electron chi connectivity index (χ1n) is 12.3. The van der Waals surface area contributed by atoms with E-state index in [1.54, 1.807) is 19.2 Å². The molecule has 0 bridgehead atoms. The van der Waals surface area contributed by atoms with Gasteiger partial charge in [0.1, 0.15) is 6.17 Å². The highest BCUT2D eigenvalue weighted by Crippen LogP contribution is 2.41. The van der Waals surface area contributed by atoms with Crippen molar-refractivity contribution in [3.8, 4) is 0 Å². The first-order valence-corrected chi connectivity index (χ1v) is 12.7. The van der Waals surface area contributed by atoms with Crippen molar-refractivity contribution < 1.29 is 18.7 Å². The van der Waals surface area contributed by atoms with Gasteiger partial charge >= 0.3 is 0 Å². The van der Waals surface area contributed by atoms with Crippen LogP contribution in [0, 0.1) is 17.8 Å². The van der Waals surface area contributed by atoms with Crippen LogP contribution in [0.25, 0.3) is 0 Å². The van der Waals surface area contributed by atoms with Gasteiger partial charge in [0.25, 0.3) is 0 Å². The van der Waals surface area contributed by atoms with E-state index in [0.29, 0.717) is 12.8 Å². The summed E-state index contributed by atoms with van der Waals surface area (Å²) in [5, 5.41) is 6.46. The first-order chi connectivity index (χ1) is 15.0. The minimum atomic E-state index is -0.849. The van der Waals surface area contributed by atoms with E-state index in [1.165, 1.54) is 0 Å². The highest BCUT2D eigenvalue weighted by atomic mass is 35.5. The Morgan fingerprint density at radius 1 is 1.00 bits per heavy atom. The van der Waals surface area contributed by atoms with E-state index in [9.17, 15) is 9.18 Å². The summed E-state index contributed by atoms with van der Waals surface area (Å²) in [5.74, 6) is -0.0359. The summed E-state index contributed by atoms with van der Waals surface area (Å²) < 4.78 is 26.3. The molecule has 0 saturated heterocycles. The number of methoxy groups -OCH3 is 2. The van der Waals surface area contributed by atoms with Gasteiger partial charge in [-0.2, -0.15) is 5.10 Å². The Morgan fingerprint density at radius 2 is 1.71 bits per heavy atom. The number of hydrogen-bond donors (Lipinski definition) is 0. The molecule has 176 valence electrons. The van der Waals surface area contributed by atoms with Crippen molar-refractivity contribution >= 4 is 23.2 Å². The highest BCUT2D eigenvalue weighted by Gasteiger charge is 2.46. The minimum absolute atomic E-state index is 0.0198. The maximum Gasteiger partial charge on any atom is 0.247 e. The Bertz CT molecular complexity index is 663. The van der Waals surface area contributed by atoms with Crippen molar-refractivity contribution in [3.63, 3.8) is 0 Å². The molecule has 1 amide bonds. The van der Waals surface area contributed by atoms with Gasteiger partial charge in [-0.25, -0.2) is 9.40 Å². The Morgan fingerprint density at radius 3 is 2.42 bits per heavy atom. The predicted octanol–water partition coefficient (Wildman–Crippen LogP) is 5.10. The molecule has 8 atom stereocenters. The molecule has 0 radical (unpaired) electrons. The number of carbonyl (C=O) groups excluding carboxylic acids is 1. The zero-order valence-electron chi connectivity index (χ0n) is 19.0. The average Bonchev–Trinajstić information content (AvgIpc) is 3.24. The molecule has 0 spiro atoms. The van der Waals surface area contributed by atoms with Crippen LogP contribution in [-0.4, -0.2) is 60.6 Å². The fourth-order valence-electron chi connectivity index (χ4n) is 6.35. The van der Waals surface area contributed by atoms with Crippen molar-refractivity contribution in [3.05, 3.63) is 0 Å². The maximum atomic E-state index is 15.0. The van der Waals surface area contributed by atoms with Crippen LogP contribution in [0.1, 0.15) is 77.0 Å². The Balaban J connectivity index is 1.55. The second-order valence-electron chi connectivity index (χ2n) is 9.98. The lowest BCUT2D eigenvalue weighted by atomic mass is 9.77. The van der Waals surface area contributed by atoms with Crippen LogP contribution in [0.15, 0.2) is 5.10 Å². The van der Waals surface area contributed by atoms with Crippen molar-refractivity contribution in [2.45, 2.75) is 107 Å². The second kappa shape index (κ2) is 10.5. The second-order valence-corrected chi connectivity index (χ2v) is 10.5. The van der Waals surface area contributed by atoms with Crippen LogP contribution in [0.3, 0.4) is 0 Å². The van der Waals surface area contributed by atoms with E-state index in [1.807, 2.05) is 0 Å². The third-order valence-electron chi connectivity index (χ3n) is 8.23. The van der Waals surface area contributed by atoms with Gasteiger partial charge in [0.2, 0.25) is 5.91 Å². The Labute approximate surface area is 191 Å². The number of amides is 1. The van der Waals surface area contributed by atoms with Crippen LogP contribution >= 0.6 is 11.6 Å². The summed E-state index contributed by atoms with van der Waals surface area (Å²) >= 11 is 6.57. The van der Waals surface area contributed by atoms with Gasteiger partial charge in [-0.05, 0) is 44.9 Å². The molecule has 8 unspecified atom stereocenters. The number of nitrogens with zero attached hydrogens (tertiary/aromatic N) is 2. The van der Waals surface area contributed by atoms with Gasteiger partial charge in [-0.3, -0.25) is 4.79 Å². The lowest BCUT2D eigenvalue weighted by Gasteiger charge is -2.37. The van der Waals surface area contributed by atoms with E-state index in [0.717, 1.165) is 69.9 Å². The molecule has 3 fully saturated rings. The Hall–Kier alpha value is -0.720. The van der Waals surface area contributed by atoms with E-state index in [-0.39, 0.29) is 47.3 Å². The fourth-order valence-corrected chi connectivity index (χ4v) is 6.74. The van der Waals surface area contributed by atoms with Gasteiger partial charge in [-0.1, -0.05) is 25.7 Å². The summed E-state index contributed by atoms with van der Waals surface area (Å²) in [6.45, 7) is 0. The van der Waals surface area contributed by atoms with E-state index in [2.05, 4.69) is 0 Å². The SMILES string of the molecule is COC1CCC(C2=NN(C(=O)C3CCCCC3Cl)C(C3CCCCC3F)C2)CC1OC. The zero-order valence-corrected chi connectivity index (χ0v) is 19.7. The molecule has 4 rings (SSSR count). The molecule has 1 aliphatic heterocycles. The molecule has 0 aromatic heterocycles. The lowest BCUT2D eigenvalue weighted by Crippen LogP contribution is -2.47. The van der Waals surface area contributed by atoms with Crippen LogP contribution in [-0.2, 0) is 14.3 Å². The van der Waals surface area contributed by atoms with Gasteiger partial charge in [0, 0.05) is 43.6 Å². The van der Waals surface area contributed by atoms with Crippen LogP contribution in [0.2, 0.25) is 0 Å².